The molecule has 2 aliphatic rings. The topological polar surface area (TPSA) is 66.9 Å². The van der Waals surface area contributed by atoms with Gasteiger partial charge in [0.15, 0.2) is 0 Å². The van der Waals surface area contributed by atoms with Crippen LogP contribution in [0.15, 0.2) is 48.5 Å². The van der Waals surface area contributed by atoms with Gasteiger partial charge in [-0.25, -0.2) is 0 Å². The normalized spacial score (nSPS) is 18.9. The van der Waals surface area contributed by atoms with Crippen LogP contribution in [-0.2, 0) is 9.53 Å². The van der Waals surface area contributed by atoms with Gasteiger partial charge in [-0.1, -0.05) is 36.4 Å². The number of morpholine rings is 1. The summed E-state index contributed by atoms with van der Waals surface area (Å²) in [4.78, 5) is 40.6. The van der Waals surface area contributed by atoms with Crippen molar-refractivity contribution in [3.8, 4) is 0 Å². The zero-order valence-electron chi connectivity index (χ0n) is 16.5. The number of rotatable bonds is 5. The highest BCUT2D eigenvalue weighted by Crippen LogP contribution is 2.26. The van der Waals surface area contributed by atoms with Gasteiger partial charge in [0.25, 0.3) is 11.8 Å². The third kappa shape index (κ3) is 3.80. The van der Waals surface area contributed by atoms with Crippen LogP contribution in [0.2, 0.25) is 0 Å². The zero-order chi connectivity index (χ0) is 20.4. The Labute approximate surface area is 170 Å². The van der Waals surface area contributed by atoms with E-state index in [1.807, 2.05) is 36.1 Å². The van der Waals surface area contributed by atoms with Crippen LogP contribution in [0.25, 0.3) is 0 Å². The number of nitrogens with zero attached hydrogens (tertiary/aromatic N) is 2. The molecule has 0 spiro atoms. The average molecular weight is 392 g/mol. The van der Waals surface area contributed by atoms with Crippen molar-refractivity contribution in [2.45, 2.75) is 25.9 Å². The van der Waals surface area contributed by atoms with Crippen LogP contribution in [-0.4, -0.2) is 53.8 Å². The molecule has 4 rings (SSSR count). The van der Waals surface area contributed by atoms with E-state index in [1.54, 1.807) is 24.3 Å². The average Bonchev–Trinajstić information content (AvgIpc) is 2.99. The standard InChI is InChI=1S/C23H24N2O4/c1-16-7-2-3-8-17(16)20-15-24(13-14-29-20)21(26)11-6-12-25-22(27)18-9-4-5-10-19(18)23(25)28/h2-5,7-10,20H,6,11-15H2,1H3. The molecule has 0 N–H and O–H groups in total. The number of aryl methyl sites for hydroxylation is 1. The van der Waals surface area contributed by atoms with Gasteiger partial charge >= 0.3 is 0 Å². The molecule has 2 heterocycles. The summed E-state index contributed by atoms with van der Waals surface area (Å²) in [5, 5.41) is 0. The molecule has 2 aromatic rings. The molecule has 6 heteroatoms. The van der Waals surface area contributed by atoms with Crippen molar-refractivity contribution < 1.29 is 19.1 Å². The lowest BCUT2D eigenvalue weighted by molar-refractivity contribution is -0.139. The number of fused-ring (bicyclic) bond motifs is 1. The van der Waals surface area contributed by atoms with E-state index in [0.717, 1.165) is 11.1 Å². The molecule has 0 aromatic heterocycles. The molecule has 0 bridgehead atoms. The molecular formula is C23H24N2O4. The summed E-state index contributed by atoms with van der Waals surface area (Å²) in [6.07, 6.45) is 0.634. The van der Waals surface area contributed by atoms with Gasteiger partial charge in [-0.2, -0.15) is 0 Å². The van der Waals surface area contributed by atoms with Gasteiger partial charge in [0, 0.05) is 19.5 Å². The Hall–Kier alpha value is -2.99. The van der Waals surface area contributed by atoms with Crippen LogP contribution < -0.4 is 0 Å². The molecule has 2 aromatic carbocycles. The minimum Gasteiger partial charge on any atom is -0.370 e. The second kappa shape index (κ2) is 8.17. The fraction of sp³-hybridized carbons (Fsp3) is 0.348. The number of carbonyl (C=O) groups excluding carboxylic acids is 3. The first kappa shape index (κ1) is 19.3. The molecule has 1 atom stereocenters. The van der Waals surface area contributed by atoms with Crippen LogP contribution >= 0.6 is 0 Å². The Morgan fingerprint density at radius 3 is 2.38 bits per heavy atom. The first-order chi connectivity index (χ1) is 14.1. The van der Waals surface area contributed by atoms with E-state index in [1.165, 1.54) is 4.90 Å². The van der Waals surface area contributed by atoms with Gasteiger partial charge < -0.3 is 9.64 Å². The number of amides is 3. The molecule has 150 valence electrons. The Balaban J connectivity index is 1.32. The maximum atomic E-state index is 12.7. The van der Waals surface area contributed by atoms with E-state index < -0.39 is 0 Å². The van der Waals surface area contributed by atoms with Crippen molar-refractivity contribution in [3.63, 3.8) is 0 Å². The van der Waals surface area contributed by atoms with Crippen molar-refractivity contribution in [2.24, 2.45) is 0 Å². The highest BCUT2D eigenvalue weighted by molar-refractivity contribution is 6.21. The Bertz CT molecular complexity index is 920. The second-order valence-corrected chi connectivity index (χ2v) is 7.47. The van der Waals surface area contributed by atoms with Crippen LogP contribution in [0.3, 0.4) is 0 Å². The Kier molecular flexibility index (Phi) is 5.45. The predicted octanol–water partition coefficient (Wildman–Crippen LogP) is 2.97. The van der Waals surface area contributed by atoms with E-state index in [4.69, 9.17) is 4.74 Å². The molecule has 29 heavy (non-hydrogen) atoms. The number of imide groups is 1. The number of benzene rings is 2. The van der Waals surface area contributed by atoms with Crippen molar-refractivity contribution in [1.29, 1.82) is 0 Å². The summed E-state index contributed by atoms with van der Waals surface area (Å²) in [6, 6.07) is 14.9. The molecule has 0 radical (unpaired) electrons. The number of ether oxygens (including phenoxy) is 1. The third-order valence-electron chi connectivity index (χ3n) is 5.61. The van der Waals surface area contributed by atoms with Crippen molar-refractivity contribution in [1.82, 2.24) is 9.80 Å². The summed E-state index contributed by atoms with van der Waals surface area (Å²) < 4.78 is 5.88. The summed E-state index contributed by atoms with van der Waals surface area (Å²) in [6.45, 7) is 3.89. The minimum atomic E-state index is -0.274. The molecule has 6 nitrogen and oxygen atoms in total. The number of hydrogen-bond acceptors (Lipinski definition) is 4. The van der Waals surface area contributed by atoms with Crippen LogP contribution in [0, 0.1) is 6.92 Å². The highest BCUT2D eigenvalue weighted by atomic mass is 16.5. The molecule has 0 aliphatic carbocycles. The Morgan fingerprint density at radius 2 is 1.69 bits per heavy atom. The van der Waals surface area contributed by atoms with Gasteiger partial charge in [-0.15, -0.1) is 0 Å². The SMILES string of the molecule is Cc1ccccc1C1CN(C(=O)CCCN2C(=O)c3ccccc3C2=O)CCO1. The van der Waals surface area contributed by atoms with Crippen LogP contribution in [0.5, 0.6) is 0 Å². The summed E-state index contributed by atoms with van der Waals surface area (Å²) in [5.41, 5.74) is 3.14. The maximum Gasteiger partial charge on any atom is 0.261 e. The summed E-state index contributed by atoms with van der Waals surface area (Å²) in [7, 11) is 0. The molecular weight excluding hydrogens is 368 g/mol. The van der Waals surface area contributed by atoms with Gasteiger partial charge in [0.1, 0.15) is 6.10 Å². The van der Waals surface area contributed by atoms with E-state index >= 15 is 0 Å². The molecule has 2 aliphatic heterocycles. The van der Waals surface area contributed by atoms with E-state index in [2.05, 4.69) is 0 Å². The van der Waals surface area contributed by atoms with Gasteiger partial charge in [-0.05, 0) is 36.6 Å². The van der Waals surface area contributed by atoms with Crippen LogP contribution in [0.1, 0.15) is 50.8 Å². The predicted molar refractivity (Wildman–Crippen MR) is 107 cm³/mol. The lowest BCUT2D eigenvalue weighted by Crippen LogP contribution is -2.42. The van der Waals surface area contributed by atoms with Gasteiger partial charge in [-0.3, -0.25) is 19.3 Å². The van der Waals surface area contributed by atoms with E-state index in [0.29, 0.717) is 43.7 Å². The first-order valence-corrected chi connectivity index (χ1v) is 9.96. The highest BCUT2D eigenvalue weighted by Gasteiger charge is 2.35. The van der Waals surface area contributed by atoms with Crippen LogP contribution in [0.4, 0.5) is 0 Å². The lowest BCUT2D eigenvalue weighted by atomic mass is 10.0. The van der Waals surface area contributed by atoms with E-state index in [9.17, 15) is 14.4 Å². The maximum absolute atomic E-state index is 12.7. The van der Waals surface area contributed by atoms with Crippen molar-refractivity contribution >= 4 is 17.7 Å². The summed E-state index contributed by atoms with van der Waals surface area (Å²) in [5.74, 6) is -0.517. The van der Waals surface area contributed by atoms with Gasteiger partial charge in [0.05, 0.1) is 24.3 Å². The minimum absolute atomic E-state index is 0.0310. The smallest absolute Gasteiger partial charge is 0.261 e. The Morgan fingerprint density at radius 1 is 1.03 bits per heavy atom. The van der Waals surface area contributed by atoms with Crippen molar-refractivity contribution in [2.75, 3.05) is 26.2 Å². The van der Waals surface area contributed by atoms with Gasteiger partial charge in [0.2, 0.25) is 5.91 Å². The molecule has 1 fully saturated rings. The number of carbonyl (C=O) groups is 3. The monoisotopic (exact) mass is 392 g/mol. The number of hydrogen-bond donors (Lipinski definition) is 0. The second-order valence-electron chi connectivity index (χ2n) is 7.47. The third-order valence-corrected chi connectivity index (χ3v) is 5.61. The fourth-order valence-corrected chi connectivity index (χ4v) is 4.00. The molecule has 3 amide bonds. The quantitative estimate of drug-likeness (QED) is 0.734. The fourth-order valence-electron chi connectivity index (χ4n) is 4.00. The largest absolute Gasteiger partial charge is 0.370 e. The van der Waals surface area contributed by atoms with E-state index in [-0.39, 0.29) is 30.4 Å². The zero-order valence-corrected chi connectivity index (χ0v) is 16.5. The first-order valence-electron chi connectivity index (χ1n) is 9.96. The molecule has 1 saturated heterocycles. The van der Waals surface area contributed by atoms with Crippen molar-refractivity contribution in [3.05, 3.63) is 70.8 Å². The lowest BCUT2D eigenvalue weighted by Gasteiger charge is -2.34. The summed E-state index contributed by atoms with van der Waals surface area (Å²) >= 11 is 0. The molecule has 1 unspecified atom stereocenters. The molecule has 0 saturated carbocycles.